The van der Waals surface area contributed by atoms with E-state index < -0.39 is 20.0 Å². The Kier molecular flexibility index (Phi) is 42.9. The van der Waals surface area contributed by atoms with Gasteiger partial charge in [-0.25, -0.2) is 0 Å². The molecule has 0 saturated heterocycles. The summed E-state index contributed by atoms with van der Waals surface area (Å²) in [6.07, 6.45) is 51.1. The quantitative estimate of drug-likeness (QED) is 0.0273. The molecule has 2 N–H and O–H groups in total. The Labute approximate surface area is 373 Å². The van der Waals surface area contributed by atoms with Gasteiger partial charge in [0.1, 0.15) is 13.2 Å². The van der Waals surface area contributed by atoms with E-state index in [0.29, 0.717) is 23.9 Å². The molecule has 3 atom stereocenters. The average molecular weight is 871 g/mol. The molecule has 0 aliphatic carbocycles. The minimum atomic E-state index is -4.56. The van der Waals surface area contributed by atoms with Crippen molar-refractivity contribution >= 4 is 13.7 Å². The van der Waals surface area contributed by atoms with Gasteiger partial charge in [-0.15, -0.1) is 0 Å². The van der Waals surface area contributed by atoms with Crippen LogP contribution in [0.4, 0.5) is 0 Å². The van der Waals surface area contributed by atoms with Crippen LogP contribution in [0.3, 0.4) is 0 Å². The van der Waals surface area contributed by atoms with Gasteiger partial charge in [0, 0.05) is 6.42 Å². The number of aliphatic hydroxyl groups is 1. The topological polar surface area (TPSA) is 108 Å². The van der Waals surface area contributed by atoms with Crippen LogP contribution < -0.4 is 10.2 Å². The monoisotopic (exact) mass is 871 g/mol. The van der Waals surface area contributed by atoms with Gasteiger partial charge in [-0.1, -0.05) is 231 Å². The average Bonchev–Trinajstić information content (AvgIpc) is 3.20. The summed E-state index contributed by atoms with van der Waals surface area (Å²) >= 11 is 0. The summed E-state index contributed by atoms with van der Waals surface area (Å²) in [4.78, 5) is 25.3. The number of amides is 1. The zero-order valence-corrected chi connectivity index (χ0v) is 41.6. The van der Waals surface area contributed by atoms with Crippen LogP contribution in [0.15, 0.2) is 12.2 Å². The van der Waals surface area contributed by atoms with Gasteiger partial charge in [0.25, 0.3) is 7.82 Å². The maximum Gasteiger partial charge on any atom is 0.268 e. The number of quaternary nitrogens is 1. The van der Waals surface area contributed by atoms with Crippen molar-refractivity contribution < 1.29 is 32.9 Å². The molecule has 0 radical (unpaired) electrons. The summed E-state index contributed by atoms with van der Waals surface area (Å²) in [6.45, 7) is 4.67. The fraction of sp³-hybridized carbons (Fsp3) is 0.941. The lowest BCUT2D eigenvalue weighted by molar-refractivity contribution is -0.870. The molecule has 0 aromatic rings. The number of phosphoric ester groups is 1. The first-order valence-corrected chi connectivity index (χ1v) is 27.5. The lowest BCUT2D eigenvalue weighted by Crippen LogP contribution is -2.46. The number of hydrogen-bond donors (Lipinski definition) is 2. The van der Waals surface area contributed by atoms with Crippen LogP contribution in [0.2, 0.25) is 0 Å². The van der Waals surface area contributed by atoms with Crippen molar-refractivity contribution in [3.05, 3.63) is 12.2 Å². The lowest BCUT2D eigenvalue weighted by Gasteiger charge is -2.30. The van der Waals surface area contributed by atoms with E-state index >= 15 is 0 Å². The molecule has 8 nitrogen and oxygen atoms in total. The third-order valence-electron chi connectivity index (χ3n) is 12.0. The van der Waals surface area contributed by atoms with Crippen LogP contribution in [0.5, 0.6) is 0 Å². The molecule has 9 heteroatoms. The molecule has 0 spiro atoms. The van der Waals surface area contributed by atoms with Gasteiger partial charge in [-0.2, -0.15) is 0 Å². The largest absolute Gasteiger partial charge is 0.756 e. The second kappa shape index (κ2) is 43.5. The Bertz CT molecular complexity index is 989. The lowest BCUT2D eigenvalue weighted by atomic mass is 10.0. The minimum Gasteiger partial charge on any atom is -0.756 e. The number of carbonyl (C=O) groups excluding carboxylic acids is 1. The Hall–Kier alpha value is -0.760. The highest BCUT2D eigenvalue weighted by molar-refractivity contribution is 7.45. The molecule has 0 aromatic heterocycles. The van der Waals surface area contributed by atoms with Gasteiger partial charge in [-0.3, -0.25) is 9.36 Å². The van der Waals surface area contributed by atoms with E-state index in [0.717, 1.165) is 57.8 Å². The van der Waals surface area contributed by atoms with E-state index in [1.807, 2.05) is 21.1 Å². The van der Waals surface area contributed by atoms with Crippen LogP contribution in [0, 0.1) is 0 Å². The second-order valence-electron chi connectivity index (χ2n) is 19.2. The van der Waals surface area contributed by atoms with Crippen molar-refractivity contribution in [2.24, 2.45) is 0 Å². The fourth-order valence-corrected chi connectivity index (χ4v) is 8.59. The smallest absolute Gasteiger partial charge is 0.268 e. The number of rotatable bonds is 48. The molecule has 60 heavy (non-hydrogen) atoms. The van der Waals surface area contributed by atoms with Crippen LogP contribution in [-0.4, -0.2) is 68.5 Å². The second-order valence-corrected chi connectivity index (χ2v) is 20.6. The zero-order valence-electron chi connectivity index (χ0n) is 40.7. The summed E-state index contributed by atoms with van der Waals surface area (Å²) in [5.41, 5.74) is 0. The molecule has 0 bridgehead atoms. The molecule has 0 saturated carbocycles. The molecule has 0 aromatic carbocycles. The maximum atomic E-state index is 12.8. The van der Waals surface area contributed by atoms with Crippen molar-refractivity contribution in [2.45, 2.75) is 270 Å². The summed E-state index contributed by atoms with van der Waals surface area (Å²) in [7, 11) is 1.31. The third-order valence-corrected chi connectivity index (χ3v) is 12.9. The van der Waals surface area contributed by atoms with Crippen LogP contribution in [0.1, 0.15) is 258 Å². The molecule has 0 aliphatic rings. The van der Waals surface area contributed by atoms with Gasteiger partial charge in [-0.05, 0) is 32.1 Å². The van der Waals surface area contributed by atoms with Crippen LogP contribution in [0.25, 0.3) is 0 Å². The highest BCUT2D eigenvalue weighted by Gasteiger charge is 2.24. The number of aliphatic hydroxyl groups excluding tert-OH is 1. The summed E-state index contributed by atoms with van der Waals surface area (Å²) in [5.74, 6) is -0.174. The number of phosphoric acid groups is 1. The number of nitrogens with one attached hydrogen (secondary N) is 1. The third kappa shape index (κ3) is 45.3. The number of carbonyl (C=O) groups is 1. The first kappa shape index (κ1) is 59.2. The fourth-order valence-electron chi connectivity index (χ4n) is 7.87. The molecular weight excluding hydrogens is 768 g/mol. The number of allylic oxidation sites excluding steroid dienone is 2. The Morgan fingerprint density at radius 2 is 0.950 bits per heavy atom. The highest BCUT2D eigenvalue weighted by atomic mass is 31.2. The molecule has 0 rings (SSSR count). The Morgan fingerprint density at radius 1 is 0.567 bits per heavy atom. The standard InChI is InChI=1S/C51H103N2O6P/c1-6-8-10-12-14-16-18-19-20-21-22-23-24-25-26-27-28-29-30-31-32-33-34-35-36-38-40-42-44-50(54)49(48-59-60(56,57)58-47-46-53(3,4)5)52-51(55)45-43-41-39-37-17-15-13-11-9-7-2/h11,13,49-50,54H,6-10,12,14-48H2,1-5H3,(H-,52,55,56,57)/b13-11-. The van der Waals surface area contributed by atoms with E-state index in [1.165, 1.54) is 173 Å². The first-order valence-electron chi connectivity index (χ1n) is 26.0. The summed E-state index contributed by atoms with van der Waals surface area (Å²) < 4.78 is 23.3. The van der Waals surface area contributed by atoms with Gasteiger partial charge in [0.15, 0.2) is 0 Å². The predicted molar refractivity (Wildman–Crippen MR) is 256 cm³/mol. The first-order chi connectivity index (χ1) is 29.0. The van der Waals surface area contributed by atoms with Gasteiger partial charge < -0.3 is 28.8 Å². The van der Waals surface area contributed by atoms with Crippen molar-refractivity contribution in [1.82, 2.24) is 5.32 Å². The molecule has 358 valence electrons. The molecular formula is C51H103N2O6P. The van der Waals surface area contributed by atoms with Gasteiger partial charge in [0.05, 0.1) is 39.9 Å². The van der Waals surface area contributed by atoms with E-state index in [1.54, 1.807) is 0 Å². The summed E-state index contributed by atoms with van der Waals surface area (Å²) in [5, 5.41) is 13.9. The van der Waals surface area contributed by atoms with Gasteiger partial charge >= 0.3 is 0 Å². The predicted octanol–water partition coefficient (Wildman–Crippen LogP) is 14.5. The van der Waals surface area contributed by atoms with Crippen molar-refractivity contribution in [1.29, 1.82) is 0 Å². The number of hydrogen-bond acceptors (Lipinski definition) is 6. The molecule has 3 unspecified atom stereocenters. The molecule has 0 heterocycles. The minimum absolute atomic E-state index is 0.0124. The molecule has 0 aliphatic heterocycles. The molecule has 1 amide bonds. The number of unbranched alkanes of at least 4 members (excludes halogenated alkanes) is 33. The van der Waals surface area contributed by atoms with E-state index in [2.05, 4.69) is 31.3 Å². The Morgan fingerprint density at radius 3 is 1.37 bits per heavy atom. The number of likely N-dealkylation sites (N-methyl/N-ethyl adjacent to an activating group) is 1. The summed E-state index contributed by atoms with van der Waals surface area (Å²) in [6, 6.07) is -0.800. The van der Waals surface area contributed by atoms with Crippen LogP contribution >= 0.6 is 7.82 Å². The Balaban J connectivity index is 4.02. The SMILES string of the molecule is CCC/C=C\CCCCCCCC(=O)NC(COP(=O)([O-])OCC[N+](C)(C)C)C(O)CCCCCCCCCCCCCCCCCCCCCCCCCCCCCC. The van der Waals surface area contributed by atoms with Crippen molar-refractivity contribution in [2.75, 3.05) is 40.9 Å². The van der Waals surface area contributed by atoms with Crippen LogP contribution in [-0.2, 0) is 18.4 Å². The molecule has 0 fully saturated rings. The maximum absolute atomic E-state index is 12.8. The normalized spacial score (nSPS) is 14.2. The van der Waals surface area contributed by atoms with E-state index in [-0.39, 0.29) is 19.1 Å². The number of nitrogens with zero attached hydrogens (tertiary/aromatic N) is 1. The van der Waals surface area contributed by atoms with Gasteiger partial charge in [0.2, 0.25) is 5.91 Å². The van der Waals surface area contributed by atoms with E-state index in [4.69, 9.17) is 9.05 Å². The van der Waals surface area contributed by atoms with E-state index in [9.17, 15) is 19.4 Å². The zero-order chi connectivity index (χ0) is 44.3. The van der Waals surface area contributed by atoms with Crippen molar-refractivity contribution in [3.63, 3.8) is 0 Å². The van der Waals surface area contributed by atoms with Crippen molar-refractivity contribution in [3.8, 4) is 0 Å². The highest BCUT2D eigenvalue weighted by Crippen LogP contribution is 2.38.